The predicted molar refractivity (Wildman–Crippen MR) is 128 cm³/mol. The van der Waals surface area contributed by atoms with E-state index in [1.807, 2.05) is 37.5 Å². The fourth-order valence-corrected chi connectivity index (χ4v) is 5.12. The summed E-state index contributed by atoms with van der Waals surface area (Å²) in [6.45, 7) is 8.61. The van der Waals surface area contributed by atoms with E-state index in [1.54, 1.807) is 16.3 Å². The van der Waals surface area contributed by atoms with Crippen molar-refractivity contribution in [3.8, 4) is 11.1 Å². The van der Waals surface area contributed by atoms with Crippen molar-refractivity contribution in [1.82, 2.24) is 39.5 Å². The van der Waals surface area contributed by atoms with Gasteiger partial charge < -0.3 is 4.90 Å². The number of fused-ring (bicyclic) bond motifs is 2. The topological polar surface area (TPSA) is 77.0 Å². The molecule has 1 aliphatic rings. The molecule has 0 N–H and O–H groups in total. The second-order valence-electron chi connectivity index (χ2n) is 8.58. The average Bonchev–Trinajstić information content (AvgIpc) is 3.42. The molecular weight excluding hydrogens is 432 g/mol. The molecule has 5 heterocycles. The van der Waals surface area contributed by atoms with Crippen molar-refractivity contribution in [2.75, 3.05) is 19.6 Å². The van der Waals surface area contributed by atoms with Crippen LogP contribution < -0.4 is 0 Å². The number of benzene rings is 1. The quantitative estimate of drug-likeness (QED) is 0.383. The lowest BCUT2D eigenvalue weighted by Gasteiger charge is -2.38. The lowest BCUT2D eigenvalue weighted by molar-refractivity contribution is 0.0917. The standard InChI is InChI=1S/C24H24N8S/c1-3-30-12-17(13-30)14-31-15-20(11-26-31)19-8-18-9-21(5-6-22(18)25-10-19)33-24-28-27-23-7-4-16(2)29-32(23)24/h4-11,15,17H,3,12-14H2,1-2H3. The van der Waals surface area contributed by atoms with Crippen LogP contribution in [0.3, 0.4) is 0 Å². The van der Waals surface area contributed by atoms with Crippen LogP contribution in [0.4, 0.5) is 0 Å². The van der Waals surface area contributed by atoms with Gasteiger partial charge in [0.25, 0.3) is 0 Å². The predicted octanol–water partition coefficient (Wildman–Crippen LogP) is 3.95. The second-order valence-corrected chi connectivity index (χ2v) is 9.62. The van der Waals surface area contributed by atoms with Gasteiger partial charge >= 0.3 is 0 Å². The zero-order valence-electron chi connectivity index (χ0n) is 18.6. The van der Waals surface area contributed by atoms with Crippen LogP contribution in [0.25, 0.3) is 27.7 Å². The summed E-state index contributed by atoms with van der Waals surface area (Å²) in [5, 5.41) is 19.5. The summed E-state index contributed by atoms with van der Waals surface area (Å²) in [5.74, 6) is 0.693. The Morgan fingerprint density at radius 3 is 2.82 bits per heavy atom. The highest BCUT2D eigenvalue weighted by Crippen LogP contribution is 2.30. The largest absolute Gasteiger partial charge is 0.303 e. The number of aromatic nitrogens is 7. The molecule has 4 aromatic heterocycles. The Balaban J connectivity index is 1.24. The summed E-state index contributed by atoms with van der Waals surface area (Å²) in [4.78, 5) is 8.20. The van der Waals surface area contributed by atoms with Crippen molar-refractivity contribution in [1.29, 1.82) is 0 Å². The first kappa shape index (κ1) is 20.3. The van der Waals surface area contributed by atoms with Gasteiger partial charge in [-0.15, -0.1) is 10.2 Å². The number of hydrogen-bond acceptors (Lipinski definition) is 7. The van der Waals surface area contributed by atoms with Gasteiger partial charge in [0.15, 0.2) is 5.65 Å². The van der Waals surface area contributed by atoms with Crippen molar-refractivity contribution in [3.05, 3.63) is 60.7 Å². The Bertz CT molecular complexity index is 1450. The van der Waals surface area contributed by atoms with Crippen LogP contribution in [-0.2, 0) is 6.54 Å². The summed E-state index contributed by atoms with van der Waals surface area (Å²) in [5.41, 5.74) is 4.80. The normalized spacial score (nSPS) is 14.8. The molecule has 33 heavy (non-hydrogen) atoms. The first-order valence-corrected chi connectivity index (χ1v) is 12.0. The zero-order chi connectivity index (χ0) is 22.4. The molecule has 1 fully saturated rings. The zero-order valence-corrected chi connectivity index (χ0v) is 19.4. The van der Waals surface area contributed by atoms with E-state index < -0.39 is 0 Å². The van der Waals surface area contributed by atoms with Crippen LogP contribution in [0, 0.1) is 12.8 Å². The smallest absolute Gasteiger partial charge is 0.217 e. The van der Waals surface area contributed by atoms with E-state index in [1.165, 1.54) is 13.1 Å². The fraction of sp³-hybridized carbons (Fsp3) is 0.292. The van der Waals surface area contributed by atoms with Crippen LogP contribution >= 0.6 is 11.8 Å². The molecular formula is C24H24N8S. The van der Waals surface area contributed by atoms with Gasteiger partial charge in [-0.3, -0.25) is 9.67 Å². The Morgan fingerprint density at radius 1 is 1.03 bits per heavy atom. The second kappa shape index (κ2) is 8.24. The molecule has 0 aliphatic carbocycles. The molecule has 1 aliphatic heterocycles. The molecule has 0 unspecified atom stereocenters. The van der Waals surface area contributed by atoms with Gasteiger partial charge in [-0.25, -0.2) is 0 Å². The molecule has 0 radical (unpaired) electrons. The summed E-state index contributed by atoms with van der Waals surface area (Å²) >= 11 is 1.55. The molecule has 5 aromatic rings. The molecule has 0 bridgehead atoms. The van der Waals surface area contributed by atoms with Gasteiger partial charge in [-0.2, -0.15) is 14.7 Å². The highest BCUT2D eigenvalue weighted by atomic mass is 32.2. The van der Waals surface area contributed by atoms with Crippen molar-refractivity contribution in [2.24, 2.45) is 5.92 Å². The summed E-state index contributed by atoms with van der Waals surface area (Å²) in [6, 6.07) is 12.3. The SMILES string of the molecule is CCN1CC(Cn2cc(-c3cnc4ccc(Sc5nnc6ccc(C)nn56)cc4c3)cn2)C1. The van der Waals surface area contributed by atoms with Gasteiger partial charge in [0.1, 0.15) is 0 Å². The molecule has 0 atom stereocenters. The van der Waals surface area contributed by atoms with Crippen molar-refractivity contribution in [2.45, 2.75) is 30.4 Å². The minimum atomic E-state index is 0.693. The van der Waals surface area contributed by atoms with Crippen LogP contribution in [0.15, 0.2) is 65.0 Å². The molecule has 1 aromatic carbocycles. The first-order chi connectivity index (χ1) is 16.1. The van der Waals surface area contributed by atoms with Gasteiger partial charge in [-0.05, 0) is 61.6 Å². The maximum Gasteiger partial charge on any atom is 0.217 e. The number of nitrogens with zero attached hydrogens (tertiary/aromatic N) is 8. The van der Waals surface area contributed by atoms with Crippen molar-refractivity contribution in [3.63, 3.8) is 0 Å². The number of likely N-dealkylation sites (tertiary alicyclic amines) is 1. The minimum Gasteiger partial charge on any atom is -0.303 e. The monoisotopic (exact) mass is 456 g/mol. The Kier molecular flexibility index (Phi) is 5.07. The van der Waals surface area contributed by atoms with Gasteiger partial charge in [0.05, 0.1) is 17.4 Å². The summed E-state index contributed by atoms with van der Waals surface area (Å²) in [6.07, 6.45) is 6.00. The maximum absolute atomic E-state index is 4.68. The lowest BCUT2D eigenvalue weighted by atomic mass is 10.0. The van der Waals surface area contributed by atoms with E-state index in [-0.39, 0.29) is 0 Å². The summed E-state index contributed by atoms with van der Waals surface area (Å²) < 4.78 is 3.85. The number of rotatable bonds is 6. The van der Waals surface area contributed by atoms with E-state index in [9.17, 15) is 0 Å². The van der Waals surface area contributed by atoms with Gasteiger partial charge in [0, 0.05) is 59.4 Å². The molecule has 166 valence electrons. The van der Waals surface area contributed by atoms with Crippen LogP contribution in [-0.4, -0.2) is 59.1 Å². The highest BCUT2D eigenvalue weighted by Gasteiger charge is 2.25. The van der Waals surface area contributed by atoms with Crippen LogP contribution in [0.1, 0.15) is 12.6 Å². The van der Waals surface area contributed by atoms with E-state index in [2.05, 4.69) is 66.3 Å². The third-order valence-electron chi connectivity index (χ3n) is 6.12. The molecule has 9 heteroatoms. The fourth-order valence-electron chi connectivity index (χ4n) is 4.29. The third kappa shape index (κ3) is 3.98. The van der Waals surface area contributed by atoms with E-state index >= 15 is 0 Å². The highest BCUT2D eigenvalue weighted by molar-refractivity contribution is 7.99. The third-order valence-corrected chi connectivity index (χ3v) is 7.05. The van der Waals surface area contributed by atoms with Crippen molar-refractivity contribution >= 4 is 28.3 Å². The summed E-state index contributed by atoms with van der Waals surface area (Å²) in [7, 11) is 0. The van der Waals surface area contributed by atoms with Crippen LogP contribution in [0.5, 0.6) is 0 Å². The molecule has 0 saturated carbocycles. The molecule has 8 nitrogen and oxygen atoms in total. The molecule has 0 amide bonds. The van der Waals surface area contributed by atoms with E-state index in [0.29, 0.717) is 5.92 Å². The van der Waals surface area contributed by atoms with Crippen molar-refractivity contribution < 1.29 is 0 Å². The Morgan fingerprint density at radius 2 is 1.94 bits per heavy atom. The van der Waals surface area contributed by atoms with E-state index in [0.717, 1.165) is 56.5 Å². The molecule has 6 rings (SSSR count). The average molecular weight is 457 g/mol. The Hall–Kier alpha value is -3.30. The molecule has 1 saturated heterocycles. The molecule has 0 spiro atoms. The lowest BCUT2D eigenvalue weighted by Crippen LogP contribution is -2.48. The number of aryl methyl sites for hydroxylation is 1. The Labute approximate surface area is 195 Å². The number of hydrogen-bond donors (Lipinski definition) is 0. The van der Waals surface area contributed by atoms with E-state index in [4.69, 9.17) is 0 Å². The van der Waals surface area contributed by atoms with Gasteiger partial charge in [-0.1, -0.05) is 6.92 Å². The van der Waals surface area contributed by atoms with Crippen LogP contribution in [0.2, 0.25) is 0 Å². The first-order valence-electron chi connectivity index (χ1n) is 11.2. The maximum atomic E-state index is 4.68. The van der Waals surface area contributed by atoms with Gasteiger partial charge in [0.2, 0.25) is 5.16 Å². The number of pyridine rings is 1. The minimum absolute atomic E-state index is 0.693.